The monoisotopic (exact) mass is 431 g/mol. The van der Waals surface area contributed by atoms with Crippen molar-refractivity contribution >= 4 is 29.9 Å². The number of nitrogens with zero attached hydrogens (tertiary/aromatic N) is 3. The first-order valence-corrected chi connectivity index (χ1v) is 7.14. The summed E-state index contributed by atoms with van der Waals surface area (Å²) in [6, 6.07) is 6.19. The molecule has 5 nitrogen and oxygen atoms in total. The highest BCUT2D eigenvalue weighted by molar-refractivity contribution is 14.0. The average molecular weight is 431 g/mol. The zero-order valence-corrected chi connectivity index (χ0v) is 16.1. The summed E-state index contributed by atoms with van der Waals surface area (Å²) in [5.41, 5.74) is 8.39. The third-order valence-electron chi connectivity index (χ3n) is 3.01. The summed E-state index contributed by atoms with van der Waals surface area (Å²) in [5, 5.41) is 7.54. The van der Waals surface area contributed by atoms with Crippen LogP contribution in [-0.4, -0.2) is 21.3 Å². The molecule has 1 aromatic carbocycles. The van der Waals surface area contributed by atoms with E-state index in [1.165, 1.54) is 12.1 Å². The standard InChI is InChI=1S/C16H22FN5.HI/c1-11-12(9-19-15(18)20-16(2,3)4)10-22(21-11)14-7-5-13(17)6-8-14;/h5-8,10H,9H2,1-4H3,(H3,18,19,20);1H. The Morgan fingerprint density at radius 2 is 1.91 bits per heavy atom. The summed E-state index contributed by atoms with van der Waals surface area (Å²) < 4.78 is 14.7. The zero-order valence-electron chi connectivity index (χ0n) is 13.8. The number of aromatic nitrogens is 2. The number of halogens is 2. The highest BCUT2D eigenvalue weighted by Crippen LogP contribution is 2.13. The quantitative estimate of drug-likeness (QED) is 0.446. The smallest absolute Gasteiger partial charge is 0.189 e. The molecule has 0 fully saturated rings. The lowest BCUT2D eigenvalue weighted by Crippen LogP contribution is -2.44. The summed E-state index contributed by atoms with van der Waals surface area (Å²) in [6.07, 6.45) is 1.89. The number of aryl methyl sites for hydroxylation is 1. The minimum Gasteiger partial charge on any atom is -0.370 e. The number of aliphatic imine (C=N–C) groups is 1. The van der Waals surface area contributed by atoms with Crippen LogP contribution in [0.5, 0.6) is 0 Å². The van der Waals surface area contributed by atoms with Crippen LogP contribution < -0.4 is 11.1 Å². The van der Waals surface area contributed by atoms with Crippen LogP contribution >= 0.6 is 24.0 Å². The van der Waals surface area contributed by atoms with E-state index in [2.05, 4.69) is 15.4 Å². The van der Waals surface area contributed by atoms with Gasteiger partial charge in [-0.25, -0.2) is 14.1 Å². The molecule has 1 aromatic heterocycles. The predicted molar refractivity (Wildman–Crippen MR) is 102 cm³/mol. The molecule has 1 heterocycles. The number of hydrogen-bond donors (Lipinski definition) is 2. The highest BCUT2D eigenvalue weighted by atomic mass is 127. The van der Waals surface area contributed by atoms with Gasteiger partial charge in [0.05, 0.1) is 17.9 Å². The molecule has 0 aliphatic rings. The Bertz CT molecular complexity index is 671. The normalized spacial score (nSPS) is 12.0. The molecular formula is C16H23FIN5. The van der Waals surface area contributed by atoms with E-state index in [4.69, 9.17) is 5.73 Å². The fraction of sp³-hybridized carbons (Fsp3) is 0.375. The second-order valence-electron chi connectivity index (χ2n) is 6.24. The molecule has 0 atom stereocenters. The third kappa shape index (κ3) is 5.81. The molecule has 23 heavy (non-hydrogen) atoms. The highest BCUT2D eigenvalue weighted by Gasteiger charge is 2.10. The molecule has 0 unspecified atom stereocenters. The molecule has 0 saturated heterocycles. The second kappa shape index (κ2) is 7.76. The number of benzene rings is 1. The van der Waals surface area contributed by atoms with E-state index in [1.807, 2.05) is 33.9 Å². The van der Waals surface area contributed by atoms with Gasteiger partial charge in [-0.05, 0) is 52.0 Å². The van der Waals surface area contributed by atoms with Crippen LogP contribution in [0.3, 0.4) is 0 Å². The van der Waals surface area contributed by atoms with E-state index < -0.39 is 0 Å². The van der Waals surface area contributed by atoms with Crippen molar-refractivity contribution < 1.29 is 4.39 Å². The van der Waals surface area contributed by atoms with Gasteiger partial charge in [-0.15, -0.1) is 24.0 Å². The molecule has 0 aliphatic carbocycles. The fourth-order valence-electron chi connectivity index (χ4n) is 1.97. The van der Waals surface area contributed by atoms with E-state index in [0.717, 1.165) is 16.9 Å². The van der Waals surface area contributed by atoms with Crippen molar-refractivity contribution in [2.75, 3.05) is 0 Å². The first kappa shape index (κ1) is 19.4. The van der Waals surface area contributed by atoms with Crippen LogP contribution in [0.15, 0.2) is 35.5 Å². The first-order valence-electron chi connectivity index (χ1n) is 7.14. The van der Waals surface area contributed by atoms with Crippen LogP contribution in [-0.2, 0) is 6.54 Å². The van der Waals surface area contributed by atoms with Gasteiger partial charge in [0.1, 0.15) is 5.82 Å². The van der Waals surface area contributed by atoms with Gasteiger partial charge in [-0.1, -0.05) is 0 Å². The van der Waals surface area contributed by atoms with Gasteiger partial charge in [0.15, 0.2) is 5.96 Å². The second-order valence-corrected chi connectivity index (χ2v) is 6.24. The SMILES string of the molecule is Cc1nn(-c2ccc(F)cc2)cc1CN=C(N)NC(C)(C)C.I. The molecular weight excluding hydrogens is 408 g/mol. The van der Waals surface area contributed by atoms with Crippen LogP contribution in [0.4, 0.5) is 4.39 Å². The maximum Gasteiger partial charge on any atom is 0.189 e. The molecule has 0 aliphatic heterocycles. The van der Waals surface area contributed by atoms with Gasteiger partial charge in [0.2, 0.25) is 0 Å². The van der Waals surface area contributed by atoms with Gasteiger partial charge in [-0.2, -0.15) is 5.10 Å². The Morgan fingerprint density at radius 3 is 2.48 bits per heavy atom. The van der Waals surface area contributed by atoms with E-state index >= 15 is 0 Å². The zero-order chi connectivity index (χ0) is 16.3. The number of hydrogen-bond acceptors (Lipinski definition) is 2. The molecule has 0 radical (unpaired) electrons. The fourth-order valence-corrected chi connectivity index (χ4v) is 1.97. The van der Waals surface area contributed by atoms with Crippen molar-refractivity contribution in [3.8, 4) is 5.69 Å². The molecule has 7 heteroatoms. The minimum absolute atomic E-state index is 0. The molecule has 2 aromatic rings. The number of nitrogens with two attached hydrogens (primary N) is 1. The number of guanidine groups is 1. The van der Waals surface area contributed by atoms with E-state index in [1.54, 1.807) is 16.8 Å². The lowest BCUT2D eigenvalue weighted by molar-refractivity contribution is 0.508. The molecule has 0 bridgehead atoms. The molecule has 3 N–H and O–H groups in total. The summed E-state index contributed by atoms with van der Waals surface area (Å²) in [5.74, 6) is 0.139. The Hall–Kier alpha value is -1.64. The van der Waals surface area contributed by atoms with Crippen molar-refractivity contribution in [2.24, 2.45) is 10.7 Å². The molecule has 2 rings (SSSR count). The Balaban J connectivity index is 0.00000264. The van der Waals surface area contributed by atoms with Crippen molar-refractivity contribution in [3.63, 3.8) is 0 Å². The summed E-state index contributed by atoms with van der Waals surface area (Å²) >= 11 is 0. The van der Waals surface area contributed by atoms with E-state index in [0.29, 0.717) is 12.5 Å². The van der Waals surface area contributed by atoms with Crippen molar-refractivity contribution in [3.05, 3.63) is 47.5 Å². The number of rotatable bonds is 3. The maximum absolute atomic E-state index is 13.0. The van der Waals surface area contributed by atoms with Crippen LogP contribution in [0.1, 0.15) is 32.0 Å². The van der Waals surface area contributed by atoms with Gasteiger partial charge in [0.25, 0.3) is 0 Å². The van der Waals surface area contributed by atoms with Crippen LogP contribution in [0.25, 0.3) is 5.69 Å². The average Bonchev–Trinajstić information content (AvgIpc) is 2.77. The largest absolute Gasteiger partial charge is 0.370 e. The lowest BCUT2D eigenvalue weighted by atomic mass is 10.1. The lowest BCUT2D eigenvalue weighted by Gasteiger charge is -2.20. The van der Waals surface area contributed by atoms with Crippen molar-refractivity contribution in [1.29, 1.82) is 0 Å². The van der Waals surface area contributed by atoms with E-state index in [9.17, 15) is 4.39 Å². The third-order valence-corrected chi connectivity index (χ3v) is 3.01. The van der Waals surface area contributed by atoms with Crippen LogP contribution in [0, 0.1) is 12.7 Å². The van der Waals surface area contributed by atoms with Gasteiger partial charge < -0.3 is 11.1 Å². The summed E-state index contributed by atoms with van der Waals surface area (Å²) in [6.45, 7) is 8.42. The van der Waals surface area contributed by atoms with Gasteiger partial charge in [-0.3, -0.25) is 0 Å². The molecule has 0 amide bonds. The predicted octanol–water partition coefficient (Wildman–Crippen LogP) is 3.14. The molecule has 126 valence electrons. The maximum atomic E-state index is 13.0. The van der Waals surface area contributed by atoms with E-state index in [-0.39, 0.29) is 35.3 Å². The molecule has 0 spiro atoms. The van der Waals surface area contributed by atoms with Crippen molar-refractivity contribution in [2.45, 2.75) is 39.8 Å². The van der Waals surface area contributed by atoms with Crippen LogP contribution in [0.2, 0.25) is 0 Å². The Labute approximate surface area is 153 Å². The van der Waals surface area contributed by atoms with Crippen molar-refractivity contribution in [1.82, 2.24) is 15.1 Å². The molecule has 0 saturated carbocycles. The first-order chi connectivity index (χ1) is 10.2. The number of nitrogens with one attached hydrogen (secondary N) is 1. The topological polar surface area (TPSA) is 68.2 Å². The summed E-state index contributed by atoms with van der Waals surface area (Å²) in [4.78, 5) is 4.33. The van der Waals surface area contributed by atoms with Gasteiger partial charge >= 0.3 is 0 Å². The van der Waals surface area contributed by atoms with Gasteiger partial charge in [0, 0.05) is 17.3 Å². The summed E-state index contributed by atoms with van der Waals surface area (Å²) in [7, 11) is 0. The Morgan fingerprint density at radius 1 is 1.30 bits per heavy atom. The Kier molecular flexibility index (Phi) is 6.55. The minimum atomic E-state index is -0.265.